The van der Waals surface area contributed by atoms with E-state index in [1.165, 1.54) is 0 Å². The van der Waals surface area contributed by atoms with Gasteiger partial charge in [0.05, 0.1) is 12.3 Å². The second-order valence-corrected chi connectivity index (χ2v) is 5.28. The van der Waals surface area contributed by atoms with Gasteiger partial charge >= 0.3 is 5.97 Å². The number of hydrogen-bond acceptors (Lipinski definition) is 3. The minimum absolute atomic E-state index is 0.117. The highest BCUT2D eigenvalue weighted by molar-refractivity contribution is 5.94. The Hall–Kier alpha value is -1.88. The van der Waals surface area contributed by atoms with Crippen LogP contribution in [0, 0.1) is 11.8 Å². The Morgan fingerprint density at radius 3 is 2.50 bits per heavy atom. The maximum absolute atomic E-state index is 12.2. The molecule has 1 aromatic rings. The predicted molar refractivity (Wildman–Crippen MR) is 78.4 cm³/mol. The number of rotatable bonds is 7. The Morgan fingerprint density at radius 2 is 1.95 bits per heavy atom. The van der Waals surface area contributed by atoms with Crippen molar-refractivity contribution >= 4 is 17.6 Å². The van der Waals surface area contributed by atoms with Gasteiger partial charge in [-0.15, -0.1) is 0 Å². The molecular formula is C15H22N2O3. The quantitative estimate of drug-likeness (QED) is 0.710. The number of nitrogens with two attached hydrogens (primary N) is 1. The molecule has 20 heavy (non-hydrogen) atoms. The van der Waals surface area contributed by atoms with Gasteiger partial charge < -0.3 is 16.2 Å². The number of carbonyl (C=O) groups is 2. The Balaban J connectivity index is 2.81. The lowest BCUT2D eigenvalue weighted by Gasteiger charge is -2.18. The van der Waals surface area contributed by atoms with Gasteiger partial charge in [-0.25, -0.2) is 0 Å². The molecule has 0 saturated carbocycles. The maximum atomic E-state index is 12.2. The number of carbonyl (C=O) groups excluding carboxylic acids is 1. The number of aliphatic carboxylic acids is 1. The van der Waals surface area contributed by atoms with E-state index < -0.39 is 5.97 Å². The average molecular weight is 278 g/mol. The molecule has 110 valence electrons. The number of para-hydroxylation sites is 1. The van der Waals surface area contributed by atoms with E-state index in [4.69, 9.17) is 10.8 Å². The molecule has 0 heterocycles. The molecule has 4 N–H and O–H groups in total. The Labute approximate surface area is 119 Å². The summed E-state index contributed by atoms with van der Waals surface area (Å²) in [5, 5.41) is 11.7. The topological polar surface area (TPSA) is 92.4 Å². The number of carboxylic acid groups (broad SMARTS) is 1. The summed E-state index contributed by atoms with van der Waals surface area (Å²) in [5.41, 5.74) is 6.77. The van der Waals surface area contributed by atoms with Gasteiger partial charge in [0.1, 0.15) is 0 Å². The van der Waals surface area contributed by atoms with Crippen LogP contribution in [0.15, 0.2) is 24.3 Å². The maximum Gasteiger partial charge on any atom is 0.307 e. The van der Waals surface area contributed by atoms with Crippen LogP contribution in [-0.2, 0) is 16.0 Å². The molecule has 0 aromatic heterocycles. The second-order valence-electron chi connectivity index (χ2n) is 5.28. The summed E-state index contributed by atoms with van der Waals surface area (Å²) in [6.45, 7) is 4.35. The van der Waals surface area contributed by atoms with Crippen molar-refractivity contribution in [3.05, 3.63) is 29.8 Å². The third kappa shape index (κ3) is 5.01. The van der Waals surface area contributed by atoms with E-state index in [1.807, 2.05) is 13.8 Å². The van der Waals surface area contributed by atoms with Crippen molar-refractivity contribution in [3.8, 4) is 0 Å². The first-order valence-electron chi connectivity index (χ1n) is 6.74. The Kier molecular flexibility index (Phi) is 6.18. The van der Waals surface area contributed by atoms with Crippen LogP contribution in [0.3, 0.4) is 0 Å². The van der Waals surface area contributed by atoms with E-state index >= 15 is 0 Å². The summed E-state index contributed by atoms with van der Waals surface area (Å²) in [6.07, 6.45) is 0.595. The molecule has 5 nitrogen and oxygen atoms in total. The van der Waals surface area contributed by atoms with Gasteiger partial charge in [-0.3, -0.25) is 9.59 Å². The summed E-state index contributed by atoms with van der Waals surface area (Å²) < 4.78 is 0. The smallest absolute Gasteiger partial charge is 0.307 e. The predicted octanol–water partition coefficient (Wildman–Crippen LogP) is 1.87. The van der Waals surface area contributed by atoms with Crippen LogP contribution in [-0.4, -0.2) is 23.5 Å². The molecule has 1 aromatic carbocycles. The summed E-state index contributed by atoms with van der Waals surface area (Å²) >= 11 is 0. The lowest BCUT2D eigenvalue weighted by Crippen LogP contribution is -2.30. The highest BCUT2D eigenvalue weighted by atomic mass is 16.4. The van der Waals surface area contributed by atoms with Crippen molar-refractivity contribution in [2.45, 2.75) is 26.7 Å². The van der Waals surface area contributed by atoms with E-state index in [0.717, 1.165) is 0 Å². The van der Waals surface area contributed by atoms with Gasteiger partial charge in [0, 0.05) is 12.2 Å². The monoisotopic (exact) mass is 278 g/mol. The van der Waals surface area contributed by atoms with E-state index in [2.05, 4.69) is 5.32 Å². The SMILES string of the molecule is CC(C)CC(CN)C(=O)Nc1ccccc1CC(=O)O. The standard InChI is InChI=1S/C15H22N2O3/c1-10(2)7-12(9-16)15(20)17-13-6-4-3-5-11(13)8-14(18)19/h3-6,10,12H,7-9,16H2,1-2H3,(H,17,20)(H,18,19). The molecule has 1 atom stereocenters. The van der Waals surface area contributed by atoms with E-state index in [0.29, 0.717) is 23.6 Å². The van der Waals surface area contributed by atoms with Crippen LogP contribution in [0.5, 0.6) is 0 Å². The van der Waals surface area contributed by atoms with Gasteiger partial charge in [0.25, 0.3) is 0 Å². The molecule has 0 aliphatic carbocycles. The first-order chi connectivity index (χ1) is 9.43. The van der Waals surface area contributed by atoms with E-state index in [-0.39, 0.29) is 24.8 Å². The lowest BCUT2D eigenvalue weighted by molar-refractivity contribution is -0.136. The summed E-state index contributed by atoms with van der Waals surface area (Å²) in [5.74, 6) is -0.959. The zero-order chi connectivity index (χ0) is 15.1. The molecule has 0 fully saturated rings. The van der Waals surface area contributed by atoms with Gasteiger partial charge in [-0.2, -0.15) is 0 Å². The van der Waals surface area contributed by atoms with Crippen molar-refractivity contribution in [2.24, 2.45) is 17.6 Å². The highest BCUT2D eigenvalue weighted by Gasteiger charge is 2.19. The van der Waals surface area contributed by atoms with Crippen LogP contribution in [0.25, 0.3) is 0 Å². The zero-order valence-electron chi connectivity index (χ0n) is 11.9. The molecule has 1 rings (SSSR count). The van der Waals surface area contributed by atoms with Gasteiger partial charge in [0.2, 0.25) is 5.91 Å². The minimum Gasteiger partial charge on any atom is -0.481 e. The third-order valence-electron chi connectivity index (χ3n) is 3.03. The molecule has 5 heteroatoms. The Morgan fingerprint density at radius 1 is 1.30 bits per heavy atom. The number of anilines is 1. The van der Waals surface area contributed by atoms with Crippen molar-refractivity contribution in [3.63, 3.8) is 0 Å². The highest BCUT2D eigenvalue weighted by Crippen LogP contribution is 2.18. The number of carboxylic acids is 1. The fourth-order valence-electron chi connectivity index (χ4n) is 2.07. The third-order valence-corrected chi connectivity index (χ3v) is 3.03. The lowest BCUT2D eigenvalue weighted by atomic mass is 9.96. The number of benzene rings is 1. The van der Waals surface area contributed by atoms with Crippen molar-refractivity contribution in [1.82, 2.24) is 0 Å². The fourth-order valence-corrected chi connectivity index (χ4v) is 2.07. The molecule has 0 radical (unpaired) electrons. The molecule has 0 aliphatic rings. The van der Waals surface area contributed by atoms with Gasteiger partial charge in [-0.05, 0) is 24.0 Å². The van der Waals surface area contributed by atoms with Crippen LogP contribution in [0.2, 0.25) is 0 Å². The van der Waals surface area contributed by atoms with Crippen molar-refractivity contribution in [1.29, 1.82) is 0 Å². The molecule has 0 aliphatic heterocycles. The molecule has 1 unspecified atom stereocenters. The molecule has 1 amide bonds. The Bertz CT molecular complexity index is 472. The molecule has 0 spiro atoms. The number of hydrogen-bond donors (Lipinski definition) is 3. The first kappa shape index (κ1) is 16.2. The van der Waals surface area contributed by atoms with Crippen LogP contribution < -0.4 is 11.1 Å². The fraction of sp³-hybridized carbons (Fsp3) is 0.467. The van der Waals surface area contributed by atoms with Gasteiger partial charge in [-0.1, -0.05) is 32.0 Å². The number of amides is 1. The summed E-state index contributed by atoms with van der Waals surface area (Å²) in [4.78, 5) is 23.0. The van der Waals surface area contributed by atoms with Crippen LogP contribution in [0.1, 0.15) is 25.8 Å². The van der Waals surface area contributed by atoms with Crippen LogP contribution >= 0.6 is 0 Å². The van der Waals surface area contributed by atoms with E-state index in [1.54, 1.807) is 24.3 Å². The zero-order valence-corrected chi connectivity index (χ0v) is 11.9. The van der Waals surface area contributed by atoms with Crippen molar-refractivity contribution < 1.29 is 14.7 Å². The summed E-state index contributed by atoms with van der Waals surface area (Å²) in [7, 11) is 0. The first-order valence-corrected chi connectivity index (χ1v) is 6.74. The van der Waals surface area contributed by atoms with Crippen LogP contribution in [0.4, 0.5) is 5.69 Å². The normalized spacial score (nSPS) is 12.2. The molecule has 0 bridgehead atoms. The largest absolute Gasteiger partial charge is 0.481 e. The number of nitrogens with one attached hydrogen (secondary N) is 1. The van der Waals surface area contributed by atoms with Gasteiger partial charge in [0.15, 0.2) is 0 Å². The second kappa shape index (κ2) is 7.65. The summed E-state index contributed by atoms with van der Waals surface area (Å²) in [6, 6.07) is 6.92. The van der Waals surface area contributed by atoms with E-state index in [9.17, 15) is 9.59 Å². The molecular weight excluding hydrogens is 256 g/mol. The molecule has 0 saturated heterocycles. The minimum atomic E-state index is -0.927. The van der Waals surface area contributed by atoms with Crippen molar-refractivity contribution in [2.75, 3.05) is 11.9 Å². The average Bonchev–Trinajstić information content (AvgIpc) is 2.37.